The van der Waals surface area contributed by atoms with Crippen LogP contribution >= 0.6 is 22.7 Å². The van der Waals surface area contributed by atoms with E-state index in [9.17, 15) is 9.59 Å². The number of carbonyl (C=O) groups is 2. The minimum atomic E-state index is -0.294. The number of amides is 2. The van der Waals surface area contributed by atoms with Crippen LogP contribution in [0.2, 0.25) is 0 Å². The van der Waals surface area contributed by atoms with Gasteiger partial charge in [0.05, 0.1) is 17.1 Å². The summed E-state index contributed by atoms with van der Waals surface area (Å²) in [6.07, 6.45) is 3.04. The minimum Gasteiger partial charge on any atom is -0.298 e. The van der Waals surface area contributed by atoms with E-state index in [0.29, 0.717) is 16.0 Å². The third-order valence-corrected chi connectivity index (χ3v) is 6.43. The van der Waals surface area contributed by atoms with E-state index in [2.05, 4.69) is 41.3 Å². The number of rotatable bonds is 6. The number of carbonyl (C=O) groups excluding carboxylic acids is 2. The number of hydrogen-bond donors (Lipinski definition) is 1. The van der Waals surface area contributed by atoms with Gasteiger partial charge in [0.1, 0.15) is 0 Å². The van der Waals surface area contributed by atoms with Gasteiger partial charge in [-0.1, -0.05) is 42.0 Å². The van der Waals surface area contributed by atoms with Gasteiger partial charge in [-0.15, -0.1) is 22.7 Å². The molecule has 0 fully saturated rings. The number of hydrogen-bond acceptors (Lipinski definition) is 6. The molecular weight excluding hydrogens is 452 g/mol. The molecule has 0 saturated carbocycles. The van der Waals surface area contributed by atoms with Gasteiger partial charge in [-0.05, 0) is 37.6 Å². The summed E-state index contributed by atoms with van der Waals surface area (Å²) in [6.45, 7) is 5.61. The predicted octanol–water partition coefficient (Wildman–Crippen LogP) is 6.22. The summed E-state index contributed by atoms with van der Waals surface area (Å²) < 4.78 is 0. The number of benzene rings is 2. The van der Waals surface area contributed by atoms with E-state index in [-0.39, 0.29) is 11.8 Å². The highest BCUT2D eigenvalue weighted by molar-refractivity contribution is 7.14. The largest absolute Gasteiger partial charge is 0.298 e. The summed E-state index contributed by atoms with van der Waals surface area (Å²) >= 11 is 2.72. The van der Waals surface area contributed by atoms with Gasteiger partial charge in [-0.25, -0.2) is 9.97 Å². The molecule has 0 bridgehead atoms. The second-order valence-corrected chi connectivity index (χ2v) is 9.12. The van der Waals surface area contributed by atoms with Gasteiger partial charge >= 0.3 is 0 Å². The van der Waals surface area contributed by atoms with Crippen molar-refractivity contribution in [2.75, 3.05) is 10.2 Å². The molecule has 166 valence electrons. The second-order valence-electron chi connectivity index (χ2n) is 7.42. The van der Waals surface area contributed by atoms with E-state index in [1.165, 1.54) is 41.2 Å². The molecule has 4 aromatic rings. The van der Waals surface area contributed by atoms with Crippen LogP contribution in [0.3, 0.4) is 0 Å². The number of para-hydroxylation sites is 1. The molecule has 6 nitrogen and oxygen atoms in total. The van der Waals surface area contributed by atoms with Gasteiger partial charge in [-0.3, -0.25) is 19.8 Å². The molecular formula is C25H22N4O2S2. The number of nitrogens with zero attached hydrogens (tertiary/aromatic N) is 3. The monoisotopic (exact) mass is 474 g/mol. The van der Waals surface area contributed by atoms with Gasteiger partial charge in [-0.2, -0.15) is 0 Å². The molecule has 2 heterocycles. The number of anilines is 3. The third kappa shape index (κ3) is 5.42. The maximum Gasteiger partial charge on any atom is 0.250 e. The van der Waals surface area contributed by atoms with Gasteiger partial charge < -0.3 is 0 Å². The second kappa shape index (κ2) is 9.89. The molecule has 2 amide bonds. The topological polar surface area (TPSA) is 75.2 Å². The molecule has 0 spiro atoms. The average Bonchev–Trinajstić information content (AvgIpc) is 3.43. The molecule has 0 radical (unpaired) electrons. The first kappa shape index (κ1) is 22.6. The maximum absolute atomic E-state index is 12.4. The number of nitrogens with one attached hydrogen (secondary N) is 1. The SMILES string of the molecule is CC(=O)N(c1ccccc1)c1nc(/C=C/C(=O)Nc2nc(-c3ccc(C)cc3C)cs2)cs1. The first-order chi connectivity index (χ1) is 15.9. The molecule has 8 heteroatoms. The van der Waals surface area contributed by atoms with E-state index < -0.39 is 0 Å². The zero-order chi connectivity index (χ0) is 23.4. The van der Waals surface area contributed by atoms with Crippen LogP contribution in [0.4, 0.5) is 16.0 Å². The predicted molar refractivity (Wildman–Crippen MR) is 136 cm³/mol. The summed E-state index contributed by atoms with van der Waals surface area (Å²) in [6, 6.07) is 15.5. The van der Waals surface area contributed by atoms with Crippen molar-refractivity contribution in [2.24, 2.45) is 0 Å². The van der Waals surface area contributed by atoms with Crippen molar-refractivity contribution in [1.82, 2.24) is 9.97 Å². The summed E-state index contributed by atoms with van der Waals surface area (Å²) in [4.78, 5) is 35.1. The van der Waals surface area contributed by atoms with Crippen molar-refractivity contribution in [3.8, 4) is 11.3 Å². The van der Waals surface area contributed by atoms with Crippen molar-refractivity contribution >= 4 is 56.5 Å². The Labute approximate surface area is 200 Å². The van der Waals surface area contributed by atoms with Gasteiger partial charge in [0.2, 0.25) is 11.8 Å². The van der Waals surface area contributed by atoms with E-state index in [1.54, 1.807) is 16.4 Å². The maximum atomic E-state index is 12.4. The Hall–Kier alpha value is -3.62. The van der Waals surface area contributed by atoms with Crippen molar-refractivity contribution in [1.29, 1.82) is 0 Å². The third-order valence-electron chi connectivity index (χ3n) is 4.83. The molecule has 1 N–H and O–H groups in total. The number of thiazole rings is 2. The van der Waals surface area contributed by atoms with Crippen LogP contribution in [-0.4, -0.2) is 21.8 Å². The van der Waals surface area contributed by atoms with Gasteiger partial charge in [0.15, 0.2) is 10.3 Å². The fourth-order valence-corrected chi connectivity index (χ4v) is 4.89. The molecule has 0 atom stereocenters. The normalized spacial score (nSPS) is 11.0. The first-order valence-electron chi connectivity index (χ1n) is 10.2. The standard InChI is InChI=1S/C25H22N4O2S2/c1-16-9-11-21(17(2)13-16)22-15-32-24(27-22)28-23(31)12-10-19-14-33-25(26-19)29(18(3)30)20-7-5-4-6-8-20/h4-15H,1-3H3,(H,27,28,31)/b12-10+. The van der Waals surface area contributed by atoms with E-state index >= 15 is 0 Å². The van der Waals surface area contributed by atoms with Crippen molar-refractivity contribution < 1.29 is 9.59 Å². The van der Waals surface area contributed by atoms with Crippen molar-refractivity contribution in [2.45, 2.75) is 20.8 Å². The average molecular weight is 475 g/mol. The Morgan fingerprint density at radius 2 is 1.79 bits per heavy atom. The Kier molecular flexibility index (Phi) is 6.76. The number of aryl methyl sites for hydroxylation is 2. The summed E-state index contributed by atoms with van der Waals surface area (Å²) in [7, 11) is 0. The fraction of sp³-hybridized carbons (Fsp3) is 0.120. The zero-order valence-corrected chi connectivity index (χ0v) is 20.0. The lowest BCUT2D eigenvalue weighted by Crippen LogP contribution is -2.22. The lowest BCUT2D eigenvalue weighted by molar-refractivity contribution is -0.116. The smallest absolute Gasteiger partial charge is 0.250 e. The quantitative estimate of drug-likeness (QED) is 0.337. The molecule has 0 saturated heterocycles. The zero-order valence-electron chi connectivity index (χ0n) is 18.4. The van der Waals surface area contributed by atoms with Crippen molar-refractivity contribution in [3.63, 3.8) is 0 Å². The molecule has 0 aliphatic heterocycles. The van der Waals surface area contributed by atoms with Crippen LogP contribution in [0.15, 0.2) is 65.4 Å². The Balaban J connectivity index is 1.43. The summed E-state index contributed by atoms with van der Waals surface area (Å²) in [5, 5.41) is 7.62. The minimum absolute atomic E-state index is 0.132. The molecule has 2 aromatic heterocycles. The van der Waals surface area contributed by atoms with Gasteiger partial charge in [0.25, 0.3) is 0 Å². The Bertz CT molecular complexity index is 1330. The van der Waals surface area contributed by atoms with Crippen LogP contribution < -0.4 is 10.2 Å². The molecule has 4 rings (SSSR count). The highest BCUT2D eigenvalue weighted by Crippen LogP contribution is 2.30. The lowest BCUT2D eigenvalue weighted by Gasteiger charge is -2.17. The van der Waals surface area contributed by atoms with Crippen LogP contribution in [0.5, 0.6) is 0 Å². The van der Waals surface area contributed by atoms with Crippen LogP contribution in [0.25, 0.3) is 17.3 Å². The lowest BCUT2D eigenvalue weighted by atomic mass is 10.0. The molecule has 0 aliphatic rings. The van der Waals surface area contributed by atoms with Crippen LogP contribution in [-0.2, 0) is 9.59 Å². The van der Waals surface area contributed by atoms with Gasteiger partial charge in [0, 0.05) is 29.3 Å². The number of aromatic nitrogens is 2. The first-order valence-corrected chi connectivity index (χ1v) is 12.0. The van der Waals surface area contributed by atoms with E-state index in [1.807, 2.05) is 41.8 Å². The van der Waals surface area contributed by atoms with E-state index in [0.717, 1.165) is 22.5 Å². The Morgan fingerprint density at radius 1 is 1.00 bits per heavy atom. The van der Waals surface area contributed by atoms with E-state index in [4.69, 9.17) is 0 Å². The van der Waals surface area contributed by atoms with Crippen LogP contribution in [0.1, 0.15) is 23.7 Å². The summed E-state index contributed by atoms with van der Waals surface area (Å²) in [5.74, 6) is -0.426. The fourth-order valence-electron chi connectivity index (χ4n) is 3.32. The molecule has 0 aliphatic carbocycles. The van der Waals surface area contributed by atoms with Crippen molar-refractivity contribution in [3.05, 3.63) is 82.2 Å². The molecule has 2 aromatic carbocycles. The molecule has 0 unspecified atom stereocenters. The van der Waals surface area contributed by atoms with Crippen LogP contribution in [0, 0.1) is 13.8 Å². The highest BCUT2D eigenvalue weighted by atomic mass is 32.1. The highest BCUT2D eigenvalue weighted by Gasteiger charge is 2.17. The Morgan fingerprint density at radius 3 is 2.52 bits per heavy atom. The summed E-state index contributed by atoms with van der Waals surface area (Å²) in [5.41, 5.74) is 5.58. The molecule has 33 heavy (non-hydrogen) atoms.